The normalized spacial score (nSPS) is 18.3. The van der Waals surface area contributed by atoms with E-state index in [4.69, 9.17) is 13.9 Å². The summed E-state index contributed by atoms with van der Waals surface area (Å²) in [5.41, 5.74) is 5.05. The van der Waals surface area contributed by atoms with E-state index in [1.807, 2.05) is 23.1 Å². The van der Waals surface area contributed by atoms with Crippen LogP contribution in [-0.4, -0.2) is 71.2 Å². The highest BCUT2D eigenvalue weighted by Crippen LogP contribution is 2.41. The van der Waals surface area contributed by atoms with Crippen LogP contribution in [0.2, 0.25) is 0 Å². The average molecular weight is 503 g/mol. The third-order valence-corrected chi connectivity index (χ3v) is 8.55. The molecule has 6 rings (SSSR count). The minimum absolute atomic E-state index is 0.0103. The topological polar surface area (TPSA) is 63.9 Å². The molecule has 0 bridgehead atoms. The molecule has 1 N–H and O–H groups in total. The molecule has 0 radical (unpaired) electrons. The summed E-state index contributed by atoms with van der Waals surface area (Å²) in [7, 11) is 1.74. The summed E-state index contributed by atoms with van der Waals surface area (Å²) in [6.07, 6.45) is 10.2. The molecule has 1 atom stereocenters. The number of ether oxygens (including phenoxy) is 1. The maximum atomic E-state index is 6.46. The minimum atomic E-state index is -0.244. The third kappa shape index (κ3) is 4.86. The Bertz CT molecular complexity index is 1350. The van der Waals surface area contributed by atoms with Gasteiger partial charge in [-0.1, -0.05) is 24.3 Å². The summed E-state index contributed by atoms with van der Waals surface area (Å²) in [4.78, 5) is 8.46. The Kier molecular flexibility index (Phi) is 6.43. The molecule has 2 aromatic carbocycles. The van der Waals surface area contributed by atoms with Crippen molar-refractivity contribution in [2.75, 3.05) is 46.1 Å². The molecular weight excluding hydrogens is 470 g/mol. The quantitative estimate of drug-likeness (QED) is 0.367. The zero-order valence-electron chi connectivity index (χ0n) is 20.8. The number of nitrogens with zero attached hydrogens (tertiary/aromatic N) is 4. The highest BCUT2D eigenvalue weighted by Gasteiger charge is 2.46. The molecule has 8 heteroatoms. The first-order valence-electron chi connectivity index (χ1n) is 12.5. The van der Waals surface area contributed by atoms with Crippen molar-refractivity contribution in [2.24, 2.45) is 0 Å². The van der Waals surface area contributed by atoms with Crippen molar-refractivity contribution >= 4 is 16.8 Å². The predicted octanol–water partition coefficient (Wildman–Crippen LogP) is 4.05. The first-order valence-corrected chi connectivity index (χ1v) is 14.1. The van der Waals surface area contributed by atoms with Crippen molar-refractivity contribution in [2.45, 2.75) is 23.3 Å². The van der Waals surface area contributed by atoms with Crippen LogP contribution < -0.4 is 10.1 Å². The Balaban J connectivity index is 1.18. The van der Waals surface area contributed by atoms with Gasteiger partial charge in [0.15, 0.2) is 21.7 Å². The van der Waals surface area contributed by atoms with Crippen LogP contribution in [0.5, 0.6) is 5.75 Å². The van der Waals surface area contributed by atoms with Gasteiger partial charge in [-0.05, 0) is 42.2 Å². The van der Waals surface area contributed by atoms with Gasteiger partial charge in [-0.2, -0.15) is 9.28 Å². The Morgan fingerprint density at radius 1 is 1.00 bits per heavy atom. The molecular formula is C28H32N5O2S+. The number of fused-ring (bicyclic) bond motifs is 1. The van der Waals surface area contributed by atoms with E-state index in [2.05, 4.69) is 70.1 Å². The second-order valence-corrected chi connectivity index (χ2v) is 11.4. The average Bonchev–Trinajstić information content (AvgIpc) is 3.54. The Morgan fingerprint density at radius 2 is 1.81 bits per heavy atom. The standard InChI is InChI=1S/C28H32N5O2S/c1-34-36(2)25-5-3-4-22(16-25)26-18-31-33-19-23(17-30-27(26)33)21-6-8-24(9-7-21)35-28(10-11-28)20-32-14-12-29-13-15-32/h3-9,16-19,29H,10-15,20H2,1-2H3/q+1. The molecule has 2 aromatic heterocycles. The van der Waals surface area contributed by atoms with E-state index in [-0.39, 0.29) is 16.8 Å². The number of nitrogens with one attached hydrogen (secondary N) is 1. The van der Waals surface area contributed by atoms with Crippen molar-refractivity contribution in [3.8, 4) is 28.0 Å². The second-order valence-electron chi connectivity index (χ2n) is 9.65. The largest absolute Gasteiger partial charge is 0.486 e. The first kappa shape index (κ1) is 23.5. The number of benzene rings is 2. The lowest BCUT2D eigenvalue weighted by Crippen LogP contribution is -2.48. The van der Waals surface area contributed by atoms with Gasteiger partial charge >= 0.3 is 0 Å². The molecule has 0 amide bonds. The van der Waals surface area contributed by atoms with Crippen LogP contribution in [0.15, 0.2) is 72.0 Å². The fourth-order valence-electron chi connectivity index (χ4n) is 4.84. The van der Waals surface area contributed by atoms with E-state index in [0.717, 1.165) is 84.1 Å². The van der Waals surface area contributed by atoms with Crippen molar-refractivity contribution < 1.29 is 8.92 Å². The highest BCUT2D eigenvalue weighted by atomic mass is 32.2. The van der Waals surface area contributed by atoms with Gasteiger partial charge < -0.3 is 10.1 Å². The summed E-state index contributed by atoms with van der Waals surface area (Å²) < 4.78 is 13.8. The molecule has 1 aliphatic carbocycles. The van der Waals surface area contributed by atoms with Crippen LogP contribution in [-0.2, 0) is 15.4 Å². The van der Waals surface area contributed by atoms with Gasteiger partial charge in [-0.15, -0.1) is 0 Å². The summed E-state index contributed by atoms with van der Waals surface area (Å²) in [5.74, 6) is 0.938. The summed E-state index contributed by atoms with van der Waals surface area (Å²) in [6, 6.07) is 16.8. The molecule has 2 fully saturated rings. The van der Waals surface area contributed by atoms with Crippen molar-refractivity contribution in [1.29, 1.82) is 0 Å². The van der Waals surface area contributed by atoms with Gasteiger partial charge in [0.25, 0.3) is 0 Å². The molecule has 1 saturated heterocycles. The zero-order valence-corrected chi connectivity index (χ0v) is 21.6. The smallest absolute Gasteiger partial charge is 0.190 e. The molecule has 36 heavy (non-hydrogen) atoms. The number of piperazine rings is 1. The zero-order chi connectivity index (χ0) is 24.5. The fourth-order valence-corrected chi connectivity index (χ4v) is 5.60. The third-order valence-electron chi connectivity index (χ3n) is 7.13. The summed E-state index contributed by atoms with van der Waals surface area (Å²) in [5, 5.41) is 8.02. The number of aromatic nitrogens is 3. The van der Waals surface area contributed by atoms with Crippen LogP contribution in [0.25, 0.3) is 27.9 Å². The fraction of sp³-hybridized carbons (Fsp3) is 0.357. The molecule has 2 aliphatic rings. The SMILES string of the molecule is CO[S+](C)c1cccc(-c2cnn3cc(-c4ccc(OC5(CN6CCNCC6)CC5)cc4)cnc23)c1. The van der Waals surface area contributed by atoms with E-state index in [1.165, 1.54) is 0 Å². The lowest BCUT2D eigenvalue weighted by molar-refractivity contribution is 0.105. The summed E-state index contributed by atoms with van der Waals surface area (Å²) in [6.45, 7) is 5.37. The first-order chi connectivity index (χ1) is 17.6. The number of hydrogen-bond donors (Lipinski definition) is 1. The van der Waals surface area contributed by atoms with E-state index >= 15 is 0 Å². The van der Waals surface area contributed by atoms with Crippen LogP contribution in [0.4, 0.5) is 0 Å². The van der Waals surface area contributed by atoms with Gasteiger partial charge in [0.1, 0.15) is 17.6 Å². The van der Waals surface area contributed by atoms with Gasteiger partial charge in [0.05, 0.1) is 13.3 Å². The van der Waals surface area contributed by atoms with Gasteiger partial charge in [0, 0.05) is 62.3 Å². The van der Waals surface area contributed by atoms with E-state index in [1.54, 1.807) is 7.11 Å². The Hall–Kier alpha value is -2.91. The van der Waals surface area contributed by atoms with Crippen LogP contribution >= 0.6 is 0 Å². The lowest BCUT2D eigenvalue weighted by atomic mass is 10.1. The molecule has 186 valence electrons. The minimum Gasteiger partial charge on any atom is -0.486 e. The van der Waals surface area contributed by atoms with Crippen LogP contribution in [0.3, 0.4) is 0 Å². The lowest BCUT2D eigenvalue weighted by Gasteiger charge is -2.31. The summed E-state index contributed by atoms with van der Waals surface area (Å²) >= 11 is -0.244. The Labute approximate surface area is 215 Å². The number of rotatable bonds is 8. The van der Waals surface area contributed by atoms with Gasteiger partial charge in [-0.25, -0.2) is 9.50 Å². The van der Waals surface area contributed by atoms with Gasteiger partial charge in [0.2, 0.25) is 0 Å². The molecule has 3 heterocycles. The number of hydrogen-bond acceptors (Lipinski definition) is 6. The van der Waals surface area contributed by atoms with Crippen molar-refractivity contribution in [3.05, 3.63) is 67.1 Å². The Morgan fingerprint density at radius 3 is 2.56 bits per heavy atom. The van der Waals surface area contributed by atoms with E-state index in [9.17, 15) is 0 Å². The van der Waals surface area contributed by atoms with Crippen LogP contribution in [0.1, 0.15) is 12.8 Å². The highest BCUT2D eigenvalue weighted by molar-refractivity contribution is 7.91. The molecule has 1 aliphatic heterocycles. The molecule has 4 aromatic rings. The predicted molar refractivity (Wildman–Crippen MR) is 144 cm³/mol. The van der Waals surface area contributed by atoms with Crippen molar-refractivity contribution in [3.63, 3.8) is 0 Å². The maximum Gasteiger partial charge on any atom is 0.190 e. The molecule has 0 spiro atoms. The molecule has 1 saturated carbocycles. The van der Waals surface area contributed by atoms with Gasteiger partial charge in [-0.3, -0.25) is 4.90 Å². The van der Waals surface area contributed by atoms with E-state index in [0.29, 0.717) is 0 Å². The van der Waals surface area contributed by atoms with Crippen molar-refractivity contribution in [1.82, 2.24) is 24.8 Å². The second kappa shape index (κ2) is 9.86. The molecule has 7 nitrogen and oxygen atoms in total. The maximum absolute atomic E-state index is 6.46. The van der Waals surface area contributed by atoms with E-state index < -0.39 is 0 Å². The monoisotopic (exact) mass is 502 g/mol. The van der Waals surface area contributed by atoms with Crippen LogP contribution in [0, 0.1) is 0 Å². The molecule has 1 unspecified atom stereocenters.